The van der Waals surface area contributed by atoms with Gasteiger partial charge in [-0.1, -0.05) is 19.1 Å². The first kappa shape index (κ1) is 14.3. The predicted octanol–water partition coefficient (Wildman–Crippen LogP) is 0.561. The van der Waals surface area contributed by atoms with E-state index in [0.29, 0.717) is 0 Å². The Kier molecular flexibility index (Phi) is 4.10. The van der Waals surface area contributed by atoms with Crippen LogP contribution in [0.1, 0.15) is 45.4 Å². The third kappa shape index (κ3) is 3.07. The summed E-state index contributed by atoms with van der Waals surface area (Å²) < 4.78 is 0. The molecule has 1 aliphatic heterocycles. The highest BCUT2D eigenvalue weighted by molar-refractivity contribution is 5.09. The molecule has 0 unspecified atom stereocenters. The van der Waals surface area contributed by atoms with Gasteiger partial charge >= 0.3 is 0 Å². The van der Waals surface area contributed by atoms with Gasteiger partial charge < -0.3 is 9.80 Å². The highest BCUT2D eigenvalue weighted by Crippen LogP contribution is 2.42. The number of quaternary nitrogens is 2. The first-order valence-electron chi connectivity index (χ1n) is 9.64. The van der Waals surface area contributed by atoms with Crippen LogP contribution in [-0.4, -0.2) is 38.8 Å². The molecule has 2 heteroatoms. The summed E-state index contributed by atoms with van der Waals surface area (Å²) in [5, 5.41) is 0. The monoisotopic (exact) mass is 290 g/mol. The number of hydrogen-bond donors (Lipinski definition) is 2. The highest BCUT2D eigenvalue weighted by Gasteiger charge is 2.39. The number of piperazine rings is 1. The van der Waals surface area contributed by atoms with E-state index < -0.39 is 0 Å². The van der Waals surface area contributed by atoms with E-state index in [1.807, 2.05) is 9.80 Å². The van der Waals surface area contributed by atoms with Crippen molar-refractivity contribution in [2.45, 2.75) is 51.5 Å². The molecule has 2 saturated carbocycles. The van der Waals surface area contributed by atoms with Gasteiger partial charge in [0.2, 0.25) is 0 Å². The Morgan fingerprint density at radius 2 is 1.67 bits per heavy atom. The fourth-order valence-corrected chi connectivity index (χ4v) is 5.71. The molecule has 0 radical (unpaired) electrons. The lowest BCUT2D eigenvalue weighted by atomic mass is 9.86. The molecule has 21 heavy (non-hydrogen) atoms. The van der Waals surface area contributed by atoms with E-state index in [-0.39, 0.29) is 0 Å². The van der Waals surface area contributed by atoms with Gasteiger partial charge in [-0.15, -0.1) is 0 Å². The molecule has 118 valence electrons. The summed E-state index contributed by atoms with van der Waals surface area (Å²) in [4.78, 5) is 3.88. The van der Waals surface area contributed by atoms with E-state index >= 15 is 0 Å². The number of hydrogen-bond acceptors (Lipinski definition) is 0. The van der Waals surface area contributed by atoms with Crippen LogP contribution in [0.15, 0.2) is 12.2 Å². The minimum atomic E-state index is 0.952. The molecule has 2 nitrogen and oxygen atoms in total. The Hall–Kier alpha value is -0.340. The molecule has 3 fully saturated rings. The Bertz CT molecular complexity index is 375. The third-order valence-electron chi connectivity index (χ3n) is 7.16. The lowest BCUT2D eigenvalue weighted by Gasteiger charge is -2.38. The van der Waals surface area contributed by atoms with Crippen LogP contribution in [-0.2, 0) is 0 Å². The molecular formula is C19H34N2+2. The van der Waals surface area contributed by atoms with Crippen molar-refractivity contribution in [3.05, 3.63) is 12.2 Å². The summed E-state index contributed by atoms with van der Waals surface area (Å²) in [5.74, 6) is 3.92. The largest absolute Gasteiger partial charge is 0.325 e. The van der Waals surface area contributed by atoms with Crippen LogP contribution in [0.5, 0.6) is 0 Å². The predicted molar refractivity (Wildman–Crippen MR) is 86.5 cm³/mol. The topological polar surface area (TPSA) is 8.88 Å². The second kappa shape index (κ2) is 6.04. The van der Waals surface area contributed by atoms with E-state index in [2.05, 4.69) is 19.1 Å². The van der Waals surface area contributed by atoms with Crippen LogP contribution in [0, 0.1) is 23.7 Å². The van der Waals surface area contributed by atoms with Crippen LogP contribution >= 0.6 is 0 Å². The van der Waals surface area contributed by atoms with Crippen molar-refractivity contribution in [2.75, 3.05) is 32.7 Å². The molecule has 1 saturated heterocycles. The molecule has 2 bridgehead atoms. The smallest absolute Gasteiger partial charge is 0.127 e. The molecule has 0 aromatic carbocycles. The van der Waals surface area contributed by atoms with Gasteiger partial charge in [-0.3, -0.25) is 0 Å². The van der Waals surface area contributed by atoms with Gasteiger partial charge in [0, 0.05) is 5.92 Å². The maximum absolute atomic E-state index is 2.53. The van der Waals surface area contributed by atoms with E-state index in [1.54, 1.807) is 0 Å². The molecule has 3 aliphatic carbocycles. The van der Waals surface area contributed by atoms with Crippen LogP contribution < -0.4 is 9.80 Å². The molecule has 4 rings (SSSR count). The second-order valence-corrected chi connectivity index (χ2v) is 8.61. The van der Waals surface area contributed by atoms with Crippen molar-refractivity contribution in [2.24, 2.45) is 23.7 Å². The zero-order valence-corrected chi connectivity index (χ0v) is 13.8. The summed E-state index contributed by atoms with van der Waals surface area (Å²) in [7, 11) is 0. The van der Waals surface area contributed by atoms with Gasteiger partial charge in [-0.05, 0) is 56.3 Å². The molecule has 4 aliphatic rings. The minimum Gasteiger partial charge on any atom is -0.325 e. The molecular weight excluding hydrogens is 256 g/mol. The van der Waals surface area contributed by atoms with E-state index in [4.69, 9.17) is 0 Å². The number of nitrogens with one attached hydrogen (secondary N) is 2. The zero-order valence-electron chi connectivity index (χ0n) is 13.8. The summed E-state index contributed by atoms with van der Waals surface area (Å²) in [6.45, 7) is 9.70. The van der Waals surface area contributed by atoms with Crippen molar-refractivity contribution in [3.8, 4) is 0 Å². The normalized spacial score (nSPS) is 49.7. The van der Waals surface area contributed by atoms with Crippen LogP contribution in [0.3, 0.4) is 0 Å². The minimum absolute atomic E-state index is 0.952. The van der Waals surface area contributed by atoms with E-state index in [1.165, 1.54) is 71.2 Å². The quantitative estimate of drug-likeness (QED) is 0.703. The van der Waals surface area contributed by atoms with Crippen molar-refractivity contribution >= 4 is 0 Å². The maximum Gasteiger partial charge on any atom is 0.127 e. The molecule has 1 heterocycles. The van der Waals surface area contributed by atoms with Gasteiger partial charge in [-0.25, -0.2) is 0 Å². The Labute approximate surface area is 130 Å². The summed E-state index contributed by atoms with van der Waals surface area (Å²) in [5.41, 5.74) is 0. The summed E-state index contributed by atoms with van der Waals surface area (Å²) >= 11 is 0. The van der Waals surface area contributed by atoms with Crippen molar-refractivity contribution in [3.63, 3.8) is 0 Å². The zero-order chi connectivity index (χ0) is 14.2. The van der Waals surface area contributed by atoms with E-state index in [0.717, 1.165) is 29.7 Å². The number of allylic oxidation sites excluding steroid dienone is 2. The number of rotatable bonds is 3. The Morgan fingerprint density at radius 1 is 0.905 bits per heavy atom. The molecule has 0 aromatic heterocycles. The van der Waals surface area contributed by atoms with Gasteiger partial charge in [-0.2, -0.15) is 0 Å². The molecule has 0 amide bonds. The first-order chi connectivity index (χ1) is 10.3. The lowest BCUT2D eigenvalue weighted by Crippen LogP contribution is -3.29. The number of fused-ring (bicyclic) bond motifs is 2. The standard InChI is InChI=1S/C19H32N2/c1-15-2-6-19(7-3-15)21-10-8-20(9-11-21)14-18-13-16-4-5-17(18)12-16/h4-5,15-19H,2-3,6-14H2,1H3/p+2/t15?,16-,17+,18-,19?/m1/s1. The van der Waals surface area contributed by atoms with Gasteiger partial charge in [0.05, 0.1) is 12.6 Å². The lowest BCUT2D eigenvalue weighted by molar-refractivity contribution is -1.03. The van der Waals surface area contributed by atoms with Crippen LogP contribution in [0.25, 0.3) is 0 Å². The summed E-state index contributed by atoms with van der Waals surface area (Å²) in [6.07, 6.45) is 14.0. The average Bonchev–Trinajstić information content (AvgIpc) is 3.12. The van der Waals surface area contributed by atoms with Crippen molar-refractivity contribution in [1.29, 1.82) is 0 Å². The summed E-state index contributed by atoms with van der Waals surface area (Å²) in [6, 6.07) is 1.01. The molecule has 3 atom stereocenters. The highest BCUT2D eigenvalue weighted by atomic mass is 15.3. The molecule has 0 aromatic rings. The fourth-order valence-electron chi connectivity index (χ4n) is 5.71. The van der Waals surface area contributed by atoms with Gasteiger partial charge in [0.25, 0.3) is 0 Å². The first-order valence-corrected chi connectivity index (χ1v) is 9.64. The van der Waals surface area contributed by atoms with Crippen molar-refractivity contribution in [1.82, 2.24) is 0 Å². The fraction of sp³-hybridized carbons (Fsp3) is 0.895. The van der Waals surface area contributed by atoms with Crippen LogP contribution in [0.4, 0.5) is 0 Å². The Morgan fingerprint density at radius 3 is 2.29 bits per heavy atom. The van der Waals surface area contributed by atoms with E-state index in [9.17, 15) is 0 Å². The SMILES string of the molecule is CC1CCC([NH+]2CC[NH+](C[C@H]3C[C@@H]4C=C[C@H]3C4)CC2)CC1. The van der Waals surface area contributed by atoms with Crippen molar-refractivity contribution < 1.29 is 9.80 Å². The molecule has 0 spiro atoms. The Balaban J connectivity index is 1.23. The van der Waals surface area contributed by atoms with Crippen LogP contribution in [0.2, 0.25) is 0 Å². The third-order valence-corrected chi connectivity index (χ3v) is 7.16. The molecule has 2 N–H and O–H groups in total. The van der Waals surface area contributed by atoms with Gasteiger partial charge in [0.15, 0.2) is 0 Å². The average molecular weight is 290 g/mol. The maximum atomic E-state index is 2.53. The second-order valence-electron chi connectivity index (χ2n) is 8.61. The van der Waals surface area contributed by atoms with Gasteiger partial charge in [0.1, 0.15) is 26.2 Å².